The summed E-state index contributed by atoms with van der Waals surface area (Å²) in [5.74, 6) is 0. The van der Waals surface area contributed by atoms with Gasteiger partial charge in [0.25, 0.3) is 0 Å². The molecule has 10 heavy (non-hydrogen) atoms. The van der Waals surface area contributed by atoms with Crippen LogP contribution in [0.3, 0.4) is 0 Å². The third kappa shape index (κ3) is 1.62. The molecule has 0 radical (unpaired) electrons. The van der Waals surface area contributed by atoms with Crippen LogP contribution in [0.5, 0.6) is 0 Å². The van der Waals surface area contributed by atoms with E-state index in [4.69, 9.17) is 16.9 Å². The van der Waals surface area contributed by atoms with Crippen LogP contribution in [-0.4, -0.2) is 4.87 Å². The first-order valence-corrected chi connectivity index (χ1v) is 3.98. The molecule has 0 fully saturated rings. The normalized spacial score (nSPS) is 31.1. The summed E-state index contributed by atoms with van der Waals surface area (Å²) in [6.45, 7) is 0. The second kappa shape index (κ2) is 2.77. The van der Waals surface area contributed by atoms with Crippen LogP contribution in [0.1, 0.15) is 6.42 Å². The molecule has 1 nitrogen and oxygen atoms in total. The molecular formula is C7H5BrClN. The van der Waals surface area contributed by atoms with Crippen LogP contribution < -0.4 is 0 Å². The highest BCUT2D eigenvalue weighted by Gasteiger charge is 2.24. The zero-order chi connectivity index (χ0) is 7.61. The fourth-order valence-electron chi connectivity index (χ4n) is 0.747. The van der Waals surface area contributed by atoms with Crippen LogP contribution in [0.2, 0.25) is 0 Å². The Morgan fingerprint density at radius 2 is 2.50 bits per heavy atom. The molecule has 3 heteroatoms. The predicted octanol–water partition coefficient (Wildman–Crippen LogP) is 2.73. The Labute approximate surface area is 73.1 Å². The van der Waals surface area contributed by atoms with Crippen LogP contribution in [-0.2, 0) is 0 Å². The van der Waals surface area contributed by atoms with Gasteiger partial charge in [0.2, 0.25) is 0 Å². The minimum absolute atomic E-state index is 0.583. The van der Waals surface area contributed by atoms with Crippen molar-refractivity contribution in [2.75, 3.05) is 0 Å². The maximum absolute atomic E-state index is 8.59. The molecule has 1 aliphatic rings. The van der Waals surface area contributed by atoms with E-state index in [1.807, 2.05) is 18.2 Å². The van der Waals surface area contributed by atoms with Crippen LogP contribution >= 0.6 is 27.5 Å². The topological polar surface area (TPSA) is 23.8 Å². The number of nitriles is 1. The monoisotopic (exact) mass is 217 g/mol. The van der Waals surface area contributed by atoms with Crippen molar-refractivity contribution in [3.8, 4) is 6.07 Å². The van der Waals surface area contributed by atoms with Gasteiger partial charge in [-0.05, 0) is 6.08 Å². The average molecular weight is 218 g/mol. The van der Waals surface area contributed by atoms with E-state index >= 15 is 0 Å². The van der Waals surface area contributed by atoms with Crippen molar-refractivity contribution in [3.63, 3.8) is 0 Å². The van der Waals surface area contributed by atoms with Crippen molar-refractivity contribution in [1.82, 2.24) is 0 Å². The van der Waals surface area contributed by atoms with Gasteiger partial charge in [-0.2, -0.15) is 5.26 Å². The molecule has 0 saturated heterocycles. The number of allylic oxidation sites excluding steroid dienone is 4. The summed E-state index contributed by atoms with van der Waals surface area (Å²) in [6.07, 6.45) is 6.05. The number of hydrogen-bond donors (Lipinski definition) is 0. The van der Waals surface area contributed by atoms with Crippen molar-refractivity contribution >= 4 is 27.5 Å². The second-order valence-electron chi connectivity index (χ2n) is 2.11. The molecule has 0 amide bonds. The molecule has 1 atom stereocenters. The summed E-state index contributed by atoms with van der Waals surface area (Å²) in [7, 11) is 0. The highest BCUT2D eigenvalue weighted by atomic mass is 79.9. The molecule has 0 aliphatic heterocycles. The largest absolute Gasteiger partial charge is 0.196 e. The molecule has 1 aliphatic carbocycles. The lowest BCUT2D eigenvalue weighted by molar-refractivity contribution is 0.879. The van der Waals surface area contributed by atoms with Gasteiger partial charge in [-0.25, -0.2) is 0 Å². The van der Waals surface area contributed by atoms with Gasteiger partial charge in [0.15, 0.2) is 4.87 Å². The van der Waals surface area contributed by atoms with E-state index in [0.717, 1.165) is 4.48 Å². The van der Waals surface area contributed by atoms with Crippen LogP contribution in [0, 0.1) is 11.3 Å². The van der Waals surface area contributed by atoms with E-state index in [-0.39, 0.29) is 0 Å². The maximum atomic E-state index is 8.59. The third-order valence-electron chi connectivity index (χ3n) is 1.24. The van der Waals surface area contributed by atoms with Crippen LogP contribution in [0.15, 0.2) is 22.7 Å². The summed E-state index contributed by atoms with van der Waals surface area (Å²) < 4.78 is 0.871. The molecule has 1 unspecified atom stereocenters. The molecule has 0 aromatic rings. The van der Waals surface area contributed by atoms with Crippen molar-refractivity contribution < 1.29 is 0 Å². The molecule has 0 saturated carbocycles. The number of alkyl halides is 1. The van der Waals surface area contributed by atoms with E-state index in [9.17, 15) is 0 Å². The fraction of sp³-hybridized carbons (Fsp3) is 0.286. The molecule has 1 rings (SSSR count). The van der Waals surface area contributed by atoms with Gasteiger partial charge >= 0.3 is 0 Å². The van der Waals surface area contributed by atoms with Crippen molar-refractivity contribution in [1.29, 1.82) is 5.26 Å². The standard InChI is InChI=1S/C7H5BrClN/c8-6-2-1-3-7(9,4-6)5-10/h1-2,4H,3H2. The molecule has 0 aromatic heterocycles. The van der Waals surface area contributed by atoms with Gasteiger partial charge in [-0.1, -0.05) is 39.7 Å². The molecular weight excluding hydrogens is 213 g/mol. The van der Waals surface area contributed by atoms with E-state index in [0.29, 0.717) is 6.42 Å². The van der Waals surface area contributed by atoms with Crippen LogP contribution in [0.25, 0.3) is 0 Å². The van der Waals surface area contributed by atoms with Crippen molar-refractivity contribution in [2.45, 2.75) is 11.3 Å². The van der Waals surface area contributed by atoms with Gasteiger partial charge in [-0.15, -0.1) is 0 Å². The number of hydrogen-bond acceptors (Lipinski definition) is 1. The summed E-state index contributed by atoms with van der Waals surface area (Å²) in [4.78, 5) is -0.826. The summed E-state index contributed by atoms with van der Waals surface area (Å²) in [5.41, 5.74) is 0. The molecule has 0 bridgehead atoms. The molecule has 0 spiro atoms. The van der Waals surface area contributed by atoms with E-state index < -0.39 is 4.87 Å². The first-order chi connectivity index (χ1) is 4.66. The van der Waals surface area contributed by atoms with E-state index in [2.05, 4.69) is 15.9 Å². The third-order valence-corrected chi connectivity index (χ3v) is 2.09. The van der Waals surface area contributed by atoms with Gasteiger partial charge in [0.1, 0.15) is 0 Å². The minimum atomic E-state index is -0.826. The van der Waals surface area contributed by atoms with Gasteiger partial charge in [-0.3, -0.25) is 0 Å². The molecule has 52 valence electrons. The predicted molar refractivity (Wildman–Crippen MR) is 45.0 cm³/mol. The Kier molecular flexibility index (Phi) is 2.18. The summed E-state index contributed by atoms with van der Waals surface area (Å²) >= 11 is 9.08. The Hall–Kier alpha value is -0.260. The Morgan fingerprint density at radius 1 is 1.80 bits per heavy atom. The Balaban J connectivity index is 2.89. The SMILES string of the molecule is N#CC1(Cl)C=C(Br)C=CC1. The van der Waals surface area contributed by atoms with Gasteiger partial charge in [0, 0.05) is 10.9 Å². The molecule has 0 heterocycles. The lowest BCUT2D eigenvalue weighted by Crippen LogP contribution is -2.15. The number of halogens is 2. The zero-order valence-electron chi connectivity index (χ0n) is 5.14. The number of rotatable bonds is 0. The van der Waals surface area contributed by atoms with Crippen LogP contribution in [0.4, 0.5) is 0 Å². The smallest absolute Gasteiger partial charge is 0.153 e. The lowest BCUT2D eigenvalue weighted by Gasteiger charge is -2.14. The lowest BCUT2D eigenvalue weighted by atomic mass is 10.0. The Morgan fingerprint density at radius 3 is 2.90 bits per heavy atom. The first-order valence-electron chi connectivity index (χ1n) is 2.81. The van der Waals surface area contributed by atoms with Crippen molar-refractivity contribution in [3.05, 3.63) is 22.7 Å². The second-order valence-corrected chi connectivity index (χ2v) is 3.70. The summed E-state index contributed by atoms with van der Waals surface area (Å²) in [5, 5.41) is 8.59. The maximum Gasteiger partial charge on any atom is 0.153 e. The highest BCUT2D eigenvalue weighted by molar-refractivity contribution is 9.11. The van der Waals surface area contributed by atoms with Gasteiger partial charge < -0.3 is 0 Å². The Bertz CT molecular complexity index is 238. The van der Waals surface area contributed by atoms with E-state index in [1.165, 1.54) is 0 Å². The average Bonchev–Trinajstić information content (AvgIpc) is 1.88. The summed E-state index contributed by atoms with van der Waals surface area (Å²) in [6, 6.07) is 2.02. The quantitative estimate of drug-likeness (QED) is 0.574. The van der Waals surface area contributed by atoms with E-state index in [1.54, 1.807) is 6.08 Å². The minimum Gasteiger partial charge on any atom is -0.196 e. The number of nitrogens with zero attached hydrogens (tertiary/aromatic N) is 1. The first kappa shape index (κ1) is 7.84. The zero-order valence-corrected chi connectivity index (χ0v) is 7.48. The highest BCUT2D eigenvalue weighted by Crippen LogP contribution is 2.29. The van der Waals surface area contributed by atoms with Crippen molar-refractivity contribution in [2.24, 2.45) is 0 Å². The molecule has 0 aromatic carbocycles. The fourth-order valence-corrected chi connectivity index (χ4v) is 1.66. The van der Waals surface area contributed by atoms with Gasteiger partial charge in [0.05, 0.1) is 6.07 Å². The molecule has 0 N–H and O–H groups in total.